The largest absolute Gasteiger partial charge is 0.354 e. The van der Waals surface area contributed by atoms with E-state index in [4.69, 9.17) is 0 Å². The van der Waals surface area contributed by atoms with Gasteiger partial charge in [0, 0.05) is 13.1 Å². The van der Waals surface area contributed by atoms with Gasteiger partial charge in [0.05, 0.1) is 4.88 Å². The molecule has 0 radical (unpaired) electrons. The zero-order chi connectivity index (χ0) is 18.2. The third-order valence-electron chi connectivity index (χ3n) is 5.45. The van der Waals surface area contributed by atoms with Crippen LogP contribution in [-0.2, 0) is 4.79 Å². The standard InChI is InChI=1S/C20H31N3O2S/c24-19(21-11-3-1-4-12-22-13-5-2-6-14-22)17-9-7-15-23(17)20(25)18-10-8-16-26-18/h8,10,16-17H,1-7,9,11-15H2,(H,21,24)/t17-/m0/s1. The van der Waals surface area contributed by atoms with Crippen LogP contribution in [0.5, 0.6) is 0 Å². The van der Waals surface area contributed by atoms with Crippen molar-refractivity contribution in [3.63, 3.8) is 0 Å². The topological polar surface area (TPSA) is 52.7 Å². The minimum atomic E-state index is -0.294. The molecule has 0 bridgehead atoms. The van der Waals surface area contributed by atoms with Gasteiger partial charge >= 0.3 is 0 Å². The molecule has 2 amide bonds. The van der Waals surface area contributed by atoms with E-state index in [1.165, 1.54) is 56.7 Å². The van der Waals surface area contributed by atoms with Crippen LogP contribution in [0.2, 0.25) is 0 Å². The Kier molecular flexibility index (Phi) is 7.50. The van der Waals surface area contributed by atoms with Crippen LogP contribution >= 0.6 is 11.3 Å². The first-order chi connectivity index (χ1) is 12.8. The second-order valence-corrected chi connectivity index (χ2v) is 8.34. The number of amides is 2. The van der Waals surface area contributed by atoms with Gasteiger partial charge in [0.2, 0.25) is 5.91 Å². The molecular formula is C20H31N3O2S. The summed E-state index contributed by atoms with van der Waals surface area (Å²) in [6.45, 7) is 5.11. The van der Waals surface area contributed by atoms with Crippen LogP contribution < -0.4 is 5.32 Å². The van der Waals surface area contributed by atoms with Gasteiger partial charge in [-0.2, -0.15) is 0 Å². The lowest BCUT2D eigenvalue weighted by molar-refractivity contribution is -0.124. The summed E-state index contributed by atoms with van der Waals surface area (Å²) in [5.41, 5.74) is 0. The highest BCUT2D eigenvalue weighted by atomic mass is 32.1. The Hall–Kier alpha value is -1.40. The summed E-state index contributed by atoms with van der Waals surface area (Å²) in [4.78, 5) is 30.1. The Bertz CT molecular complexity index is 570. The molecule has 0 spiro atoms. The number of hydrogen-bond donors (Lipinski definition) is 1. The molecule has 0 aromatic carbocycles. The smallest absolute Gasteiger partial charge is 0.264 e. The quantitative estimate of drug-likeness (QED) is 0.708. The number of thiophene rings is 1. The highest BCUT2D eigenvalue weighted by Gasteiger charge is 2.34. The maximum atomic E-state index is 12.5. The van der Waals surface area contributed by atoms with Crippen molar-refractivity contribution in [1.82, 2.24) is 15.1 Å². The fourth-order valence-corrected chi connectivity index (χ4v) is 4.65. The molecule has 144 valence electrons. The molecule has 26 heavy (non-hydrogen) atoms. The molecular weight excluding hydrogens is 346 g/mol. The lowest BCUT2D eigenvalue weighted by Crippen LogP contribution is -2.46. The van der Waals surface area contributed by atoms with Crippen molar-refractivity contribution in [2.24, 2.45) is 0 Å². The Morgan fingerprint density at radius 1 is 1.08 bits per heavy atom. The summed E-state index contributed by atoms with van der Waals surface area (Å²) >= 11 is 1.44. The third kappa shape index (κ3) is 5.30. The number of hydrogen-bond acceptors (Lipinski definition) is 4. The summed E-state index contributed by atoms with van der Waals surface area (Å²) in [5, 5.41) is 4.96. The lowest BCUT2D eigenvalue weighted by Gasteiger charge is -2.26. The number of nitrogens with one attached hydrogen (secondary N) is 1. The maximum Gasteiger partial charge on any atom is 0.264 e. The van der Waals surface area contributed by atoms with E-state index in [2.05, 4.69) is 10.2 Å². The van der Waals surface area contributed by atoms with Crippen molar-refractivity contribution < 1.29 is 9.59 Å². The molecule has 0 unspecified atom stereocenters. The second-order valence-electron chi connectivity index (χ2n) is 7.39. The number of carbonyl (C=O) groups is 2. The molecule has 3 rings (SSSR count). The van der Waals surface area contributed by atoms with Gasteiger partial charge in [-0.15, -0.1) is 11.3 Å². The predicted molar refractivity (Wildman–Crippen MR) is 106 cm³/mol. The summed E-state index contributed by atoms with van der Waals surface area (Å²) in [7, 11) is 0. The third-order valence-corrected chi connectivity index (χ3v) is 6.31. The van der Waals surface area contributed by atoms with Gasteiger partial charge in [0.25, 0.3) is 5.91 Å². The Balaban J connectivity index is 1.33. The van der Waals surface area contributed by atoms with Crippen molar-refractivity contribution in [1.29, 1.82) is 0 Å². The number of nitrogens with zero attached hydrogens (tertiary/aromatic N) is 2. The zero-order valence-electron chi connectivity index (χ0n) is 15.6. The van der Waals surface area contributed by atoms with Gasteiger partial charge < -0.3 is 15.1 Å². The predicted octanol–water partition coefficient (Wildman–Crippen LogP) is 3.13. The molecule has 3 heterocycles. The molecule has 2 aliphatic rings. The van der Waals surface area contributed by atoms with E-state index in [1.807, 2.05) is 17.5 Å². The Morgan fingerprint density at radius 3 is 2.69 bits per heavy atom. The molecule has 1 atom stereocenters. The van der Waals surface area contributed by atoms with Gasteiger partial charge in [-0.1, -0.05) is 18.9 Å². The van der Waals surface area contributed by atoms with Crippen LogP contribution in [0.15, 0.2) is 17.5 Å². The van der Waals surface area contributed by atoms with Crippen molar-refractivity contribution in [3.8, 4) is 0 Å². The monoisotopic (exact) mass is 377 g/mol. The van der Waals surface area contributed by atoms with Crippen molar-refractivity contribution in [2.75, 3.05) is 32.7 Å². The minimum absolute atomic E-state index is 0.000758. The highest BCUT2D eigenvalue weighted by molar-refractivity contribution is 7.12. The van der Waals surface area contributed by atoms with Crippen LogP contribution in [0.4, 0.5) is 0 Å². The Labute approximate surface area is 160 Å². The van der Waals surface area contributed by atoms with Gasteiger partial charge in [0.15, 0.2) is 0 Å². The zero-order valence-corrected chi connectivity index (χ0v) is 16.4. The molecule has 1 aromatic rings. The summed E-state index contributed by atoms with van der Waals surface area (Å²) < 4.78 is 0. The molecule has 2 fully saturated rings. The molecule has 2 saturated heterocycles. The van der Waals surface area contributed by atoms with E-state index >= 15 is 0 Å². The van der Waals surface area contributed by atoms with Crippen LogP contribution in [0.1, 0.15) is 61.0 Å². The summed E-state index contributed by atoms with van der Waals surface area (Å²) in [6, 6.07) is 3.42. The van der Waals surface area contributed by atoms with E-state index in [0.29, 0.717) is 6.54 Å². The summed E-state index contributed by atoms with van der Waals surface area (Å²) in [6.07, 6.45) is 9.14. The molecule has 0 saturated carbocycles. The SMILES string of the molecule is O=C(NCCCCCN1CCCCC1)[C@@H]1CCCN1C(=O)c1cccs1. The van der Waals surface area contributed by atoms with Crippen LogP contribution in [-0.4, -0.2) is 60.4 Å². The first-order valence-corrected chi connectivity index (χ1v) is 11.0. The summed E-state index contributed by atoms with van der Waals surface area (Å²) in [5.74, 6) is 0.0163. The first kappa shape index (κ1) is 19.4. The molecule has 0 aliphatic carbocycles. The number of piperidine rings is 1. The van der Waals surface area contributed by atoms with Crippen LogP contribution in [0.3, 0.4) is 0 Å². The van der Waals surface area contributed by atoms with E-state index in [-0.39, 0.29) is 17.9 Å². The molecule has 5 nitrogen and oxygen atoms in total. The molecule has 6 heteroatoms. The van der Waals surface area contributed by atoms with Crippen molar-refractivity contribution in [2.45, 2.75) is 57.4 Å². The molecule has 1 N–H and O–H groups in total. The highest BCUT2D eigenvalue weighted by Crippen LogP contribution is 2.22. The fourth-order valence-electron chi connectivity index (χ4n) is 3.97. The fraction of sp³-hybridized carbons (Fsp3) is 0.700. The Morgan fingerprint density at radius 2 is 1.92 bits per heavy atom. The van der Waals surface area contributed by atoms with E-state index < -0.39 is 0 Å². The average molecular weight is 378 g/mol. The van der Waals surface area contributed by atoms with Crippen LogP contribution in [0.25, 0.3) is 0 Å². The number of unbranched alkanes of at least 4 members (excludes halogenated alkanes) is 2. The lowest BCUT2D eigenvalue weighted by atomic mass is 10.1. The van der Waals surface area contributed by atoms with E-state index in [0.717, 1.165) is 37.1 Å². The van der Waals surface area contributed by atoms with E-state index in [1.54, 1.807) is 4.90 Å². The first-order valence-electron chi connectivity index (χ1n) is 10.1. The number of rotatable bonds is 8. The number of likely N-dealkylation sites (tertiary alicyclic amines) is 2. The van der Waals surface area contributed by atoms with E-state index in [9.17, 15) is 9.59 Å². The maximum absolute atomic E-state index is 12.5. The van der Waals surface area contributed by atoms with Crippen molar-refractivity contribution in [3.05, 3.63) is 22.4 Å². The normalized spacial score (nSPS) is 21.1. The molecule has 2 aliphatic heterocycles. The number of carbonyl (C=O) groups excluding carboxylic acids is 2. The van der Waals surface area contributed by atoms with Crippen molar-refractivity contribution >= 4 is 23.2 Å². The van der Waals surface area contributed by atoms with Gasteiger partial charge in [0.1, 0.15) is 6.04 Å². The van der Waals surface area contributed by atoms with Gasteiger partial charge in [-0.3, -0.25) is 9.59 Å². The molecule has 1 aromatic heterocycles. The minimum Gasteiger partial charge on any atom is -0.354 e. The second kappa shape index (κ2) is 10.1. The van der Waals surface area contributed by atoms with Crippen LogP contribution in [0, 0.1) is 0 Å². The van der Waals surface area contributed by atoms with Gasteiger partial charge in [-0.05, 0) is 69.6 Å². The van der Waals surface area contributed by atoms with Gasteiger partial charge in [-0.25, -0.2) is 0 Å². The average Bonchev–Trinajstić information content (AvgIpc) is 3.36.